The number of hydrogen-bond acceptors (Lipinski definition) is 61. The summed E-state index contributed by atoms with van der Waals surface area (Å²) in [5.74, 6) is -8.87. The molecule has 66 heteroatoms. The summed E-state index contributed by atoms with van der Waals surface area (Å²) >= 11 is 0. The van der Waals surface area contributed by atoms with Crippen LogP contribution in [0.1, 0.15) is 41.5 Å². The summed E-state index contributed by atoms with van der Waals surface area (Å²) < 4.78 is 140. The van der Waals surface area contributed by atoms with Crippen LogP contribution >= 0.6 is 0 Å². The third-order valence-corrected chi connectivity index (χ3v) is 27.2. The lowest BCUT2D eigenvalue weighted by molar-refractivity contribution is -0.468. The highest BCUT2D eigenvalue weighted by molar-refractivity contribution is 5.75. The second-order valence-corrected chi connectivity index (χ2v) is 37.5. The number of hydrogen-bond donors (Lipinski definition) is 38. The molecule has 0 aromatic rings. The summed E-state index contributed by atoms with van der Waals surface area (Å²) in [6, 6.07) is -10.7. The topological polar surface area (TPSA) is 1030 Å². The lowest BCUT2D eigenvalue weighted by Crippen LogP contribution is -2.78. The van der Waals surface area contributed by atoms with Gasteiger partial charge in [0.15, 0.2) is 75.5 Å². The molecule has 12 heterocycles. The van der Waals surface area contributed by atoms with Crippen molar-refractivity contribution < 1.29 is 301 Å². The third-order valence-electron chi connectivity index (χ3n) is 27.2. The van der Waals surface area contributed by atoms with E-state index in [-0.39, 0.29) is 0 Å². The fraction of sp³-hybridized carbons (Fsp3) is 0.939. The van der Waals surface area contributed by atoms with Gasteiger partial charge in [-0.3, -0.25) is 24.0 Å². The van der Waals surface area contributed by atoms with E-state index < -0.39 is 470 Å². The Hall–Kier alpha value is -4.89. The minimum absolute atomic E-state index is 0.759. The molecule has 38 N–H and O–H groups in total. The van der Waals surface area contributed by atoms with Crippen LogP contribution in [0.3, 0.4) is 0 Å². The van der Waals surface area contributed by atoms with Crippen LogP contribution in [0.25, 0.3) is 0 Å². The largest absolute Gasteiger partial charge is 0.394 e. The van der Waals surface area contributed by atoms with Gasteiger partial charge in [-0.15, -0.1) is 0 Å². The summed E-state index contributed by atoms with van der Waals surface area (Å²) in [5, 5.41) is 388. The van der Waals surface area contributed by atoms with E-state index in [1.54, 1.807) is 0 Å². The number of carbonyl (C=O) groups excluding carboxylic acids is 5. The number of aliphatic hydroxyl groups excluding tert-OH is 33. The predicted molar refractivity (Wildman–Crippen MR) is 453 cm³/mol. The Bertz CT molecular complexity index is 4170. The first-order valence-electron chi connectivity index (χ1n) is 47.1. The first-order chi connectivity index (χ1) is 69.9. The lowest BCUT2D eigenvalue weighted by atomic mass is 9.90. The highest BCUT2D eigenvalue weighted by Crippen LogP contribution is 2.46. The van der Waals surface area contributed by atoms with Crippen molar-refractivity contribution in [1.82, 2.24) is 26.6 Å². The van der Waals surface area contributed by atoms with Gasteiger partial charge in [-0.25, -0.2) is 0 Å². The molecule has 148 heavy (non-hydrogen) atoms. The molecule has 12 saturated heterocycles. The minimum atomic E-state index is -3.57. The fourth-order valence-corrected chi connectivity index (χ4v) is 19.3. The maximum Gasteiger partial charge on any atom is 0.228 e. The molecular weight excluding hydrogens is 2030 g/mol. The smallest absolute Gasteiger partial charge is 0.228 e. The van der Waals surface area contributed by atoms with Gasteiger partial charge in [0.25, 0.3) is 0 Å². The van der Waals surface area contributed by atoms with Crippen LogP contribution in [0.2, 0.25) is 0 Å². The van der Waals surface area contributed by atoms with Crippen molar-refractivity contribution >= 4 is 29.5 Å². The zero-order chi connectivity index (χ0) is 109. The molecule has 0 aromatic heterocycles. The molecule has 12 fully saturated rings. The summed E-state index contributed by atoms with van der Waals surface area (Å²) in [5.41, 5.74) is 0. The Kier molecular flexibility index (Phi) is 43.2. The molecule has 0 saturated carbocycles. The minimum Gasteiger partial charge on any atom is -0.394 e. The van der Waals surface area contributed by atoms with E-state index in [0.29, 0.717) is 0 Å². The van der Waals surface area contributed by atoms with E-state index in [2.05, 4.69) is 26.6 Å². The van der Waals surface area contributed by atoms with Gasteiger partial charge in [0.1, 0.15) is 280 Å². The Balaban J connectivity index is 0.966. The zero-order valence-electron chi connectivity index (χ0n) is 79.5. The van der Waals surface area contributed by atoms with E-state index in [0.717, 1.165) is 41.5 Å². The van der Waals surface area contributed by atoms with Crippen molar-refractivity contribution in [2.45, 2.75) is 409 Å². The second-order valence-electron chi connectivity index (χ2n) is 37.5. The first-order valence-corrected chi connectivity index (χ1v) is 47.1. The number of ether oxygens (including phenoxy) is 23. The number of carbonyl (C=O) groups is 5. The molecule has 12 rings (SSSR count). The van der Waals surface area contributed by atoms with Crippen molar-refractivity contribution in [2.24, 2.45) is 0 Å². The third kappa shape index (κ3) is 26.0. The van der Waals surface area contributed by atoms with Gasteiger partial charge in [-0.1, -0.05) is 0 Å². The van der Waals surface area contributed by atoms with Gasteiger partial charge in [0.2, 0.25) is 35.3 Å². The van der Waals surface area contributed by atoms with E-state index in [1.165, 1.54) is 0 Å². The van der Waals surface area contributed by atoms with Crippen LogP contribution in [0.15, 0.2) is 0 Å². The quantitative estimate of drug-likeness (QED) is 0.0255. The Morgan fingerprint density at radius 3 is 0.885 bits per heavy atom. The van der Waals surface area contributed by atoms with Crippen LogP contribution in [-0.4, -0.2) is 639 Å². The summed E-state index contributed by atoms with van der Waals surface area (Å²) in [7, 11) is 0. The maximum atomic E-state index is 14.0. The Labute approximate surface area is 837 Å². The van der Waals surface area contributed by atoms with Crippen LogP contribution < -0.4 is 26.6 Å². The SMILES string of the molecule is CC(=O)N[C@@H]1[C@@H](O)[C@H](O[C@@H]2O[C@H](CO)[C@@H](O[C@@H]3O[C@H](CO[C@H]4O[C@H](CO)[C@@H](O)[C@H](O)[C@@H]4O[C@@H]4O[C@H](CO)[C@@H](O[C@@H]5O[C@H](CO)[C@H](O)[C@H](O)[C@H]5O)[C@H](O)[C@H]4NC(C)=O)[C@@H](O)[C@H](O[C@H]4O[C@H](CO)[C@@H](O[C@@H]5O[C@H](CO)[C@@H](O)[C@](O[C@H]6O[C@H](C)[C@H](O)[C@H](O)[C@H]6O)(O[C@@H]6O[C@H](CO)[C@H](O)[C@H](O)[C@H]6O)[C@H]5NC(C)=O)[C@H](O)[C@@H]4O[C@@H]4O[C@H](CO)[C@@H](O[C@@H]5O[C@H](CO)[C@H](O)[C@H](O)[C@H]5O)[C@H](O)[C@H]4NC(C)=O)[C@@H]3O)[C@H](O)[C@H]2NC(C)=O)[C@@H](CO)O[C@H]1O. The summed E-state index contributed by atoms with van der Waals surface area (Å²) in [4.78, 5) is 66.4. The van der Waals surface area contributed by atoms with E-state index in [1.807, 2.05) is 0 Å². The van der Waals surface area contributed by atoms with E-state index >= 15 is 0 Å². The highest BCUT2D eigenvalue weighted by atomic mass is 16.9. The fourth-order valence-electron chi connectivity index (χ4n) is 19.3. The van der Waals surface area contributed by atoms with Gasteiger partial charge in [0, 0.05) is 34.6 Å². The molecular formula is C82H137N5O61. The average molecular weight is 2170 g/mol. The maximum absolute atomic E-state index is 14.0. The average Bonchev–Trinajstić information content (AvgIpc) is 0.725. The van der Waals surface area contributed by atoms with E-state index in [9.17, 15) is 192 Å². The number of nitrogens with one attached hydrogen (secondary N) is 5. The molecule has 856 valence electrons. The highest BCUT2D eigenvalue weighted by Gasteiger charge is 2.68. The lowest BCUT2D eigenvalue weighted by Gasteiger charge is -2.56. The molecule has 66 nitrogen and oxygen atoms in total. The molecule has 0 bridgehead atoms. The van der Waals surface area contributed by atoms with Crippen LogP contribution in [-0.2, 0) is 133 Å². The van der Waals surface area contributed by atoms with Gasteiger partial charge in [-0.05, 0) is 6.92 Å². The van der Waals surface area contributed by atoms with Gasteiger partial charge in [0.05, 0.1) is 78.8 Å². The van der Waals surface area contributed by atoms with E-state index in [4.69, 9.17) is 109 Å². The second kappa shape index (κ2) is 52.5. The molecule has 5 amide bonds. The molecule has 0 spiro atoms. The number of aliphatic hydroxyl groups is 33. The number of amides is 5. The van der Waals surface area contributed by atoms with Gasteiger partial charge < -0.3 is 304 Å². The number of rotatable bonds is 38. The monoisotopic (exact) mass is 2170 g/mol. The molecule has 60 atom stereocenters. The van der Waals surface area contributed by atoms with Crippen LogP contribution in [0.5, 0.6) is 0 Å². The zero-order valence-corrected chi connectivity index (χ0v) is 79.5. The van der Waals surface area contributed by atoms with Crippen molar-refractivity contribution in [3.8, 4) is 0 Å². The Morgan fingerprint density at radius 2 is 0.493 bits per heavy atom. The van der Waals surface area contributed by atoms with Crippen LogP contribution in [0.4, 0.5) is 0 Å². The molecule has 0 radical (unpaired) electrons. The van der Waals surface area contributed by atoms with Crippen molar-refractivity contribution in [2.75, 3.05) is 72.7 Å². The standard InChI is InChI=1S/C82H137N5O61/c1-18-39(103)49(113)56(120)77(127-18)147-82(148-78-57(121)52(116)42(106)26(9-90)131-78)68(87-23(6)102)81(137-33(16-97)69(82)124)143-64-32(15-96)136-80(67(58(64)122)146-73-38(86-22(5)101)48(112)62(30(13-94)135-73)141-75-55(119)51(115)41(105)25(8-89)130-75)144-65-44(108)34(138-76(59(65)123)142-63-31(14-95)133-71(36(46(63)110)84-20(3)99)139-60-28(11-92)128-70(125)35(45(60)109)83-19(2)98)17-126-79-66(53(117)43(107)27(10-91)132-79)145-72-37(85-21(4)100)47(111)61(29(12-93)134-72)140-74-54(118)50(114)40(104)24(7-88)129-74/h18,24-81,88-97,103-125H,7-17H2,1-6H3,(H,83,98)(H,84,99)(H,85,100)(H,86,101)(H,87,102)/t18-,24-,25-,26-,27-,28-,29-,30-,31-,32-,33-,34-,35-,36-,37-,38-,39+,40+,41+,42+,43-,44-,45-,46-,47-,48-,49+,50+,51+,52+,53+,54-,55-,56-,57-,58+,59+,60-,61-,62-,63-,64-,65+,66+,67+,68+,69-,70-,71+,72+,73+,74+,75+,76+,77-,78+,79+,80-,81+,82-/m1/s1. The molecule has 12 aliphatic heterocycles. The van der Waals surface area contributed by atoms with Crippen LogP contribution in [0, 0.1) is 0 Å². The first kappa shape index (κ1) is 122. The van der Waals surface area contributed by atoms with Gasteiger partial charge >= 0.3 is 0 Å². The molecule has 12 aliphatic rings. The van der Waals surface area contributed by atoms with Crippen molar-refractivity contribution in [3.63, 3.8) is 0 Å². The van der Waals surface area contributed by atoms with Crippen molar-refractivity contribution in [3.05, 3.63) is 0 Å². The van der Waals surface area contributed by atoms with Crippen molar-refractivity contribution in [1.29, 1.82) is 0 Å². The molecule has 0 unspecified atom stereocenters. The Morgan fingerprint density at radius 1 is 0.223 bits per heavy atom. The molecule has 0 aromatic carbocycles. The normalized spacial score (nSPS) is 49.8. The summed E-state index contributed by atoms with van der Waals surface area (Å²) in [6.07, 6.45) is -124. The van der Waals surface area contributed by atoms with Gasteiger partial charge in [-0.2, -0.15) is 0 Å². The molecule has 0 aliphatic carbocycles. The summed E-state index contributed by atoms with van der Waals surface area (Å²) in [6.45, 7) is -8.46. The predicted octanol–water partition coefficient (Wildman–Crippen LogP) is -26.1.